The minimum atomic E-state index is -0.249. The van der Waals surface area contributed by atoms with E-state index in [4.69, 9.17) is 9.47 Å². The molecule has 0 aliphatic carbocycles. The van der Waals surface area contributed by atoms with Crippen molar-refractivity contribution in [1.82, 2.24) is 9.36 Å². The van der Waals surface area contributed by atoms with Gasteiger partial charge >= 0.3 is 0 Å². The van der Waals surface area contributed by atoms with Crippen molar-refractivity contribution in [1.29, 1.82) is 0 Å². The standard InChI is InChI=1S/C14H15N3O3S/c1-9-7-12(21-17-9)16-13(18)11-3-2-5-15-14(11)20-10-4-6-19-8-10/h2-3,5,7,10H,4,6,8H2,1H3,(H,16,18)/t10-/m1/s1. The third-order valence-electron chi connectivity index (χ3n) is 3.05. The number of aromatic nitrogens is 2. The summed E-state index contributed by atoms with van der Waals surface area (Å²) < 4.78 is 15.2. The number of carbonyl (C=O) groups excluding carboxylic acids is 1. The number of amides is 1. The highest BCUT2D eigenvalue weighted by Gasteiger charge is 2.21. The van der Waals surface area contributed by atoms with Gasteiger partial charge in [-0.15, -0.1) is 0 Å². The molecule has 21 heavy (non-hydrogen) atoms. The number of nitrogens with one attached hydrogen (secondary N) is 1. The monoisotopic (exact) mass is 305 g/mol. The van der Waals surface area contributed by atoms with Crippen LogP contribution < -0.4 is 10.1 Å². The van der Waals surface area contributed by atoms with Crippen molar-refractivity contribution in [2.45, 2.75) is 19.4 Å². The zero-order chi connectivity index (χ0) is 14.7. The van der Waals surface area contributed by atoms with Crippen LogP contribution in [-0.4, -0.2) is 34.6 Å². The van der Waals surface area contributed by atoms with Gasteiger partial charge in [0, 0.05) is 12.6 Å². The van der Waals surface area contributed by atoms with E-state index in [0.717, 1.165) is 12.1 Å². The van der Waals surface area contributed by atoms with Gasteiger partial charge in [-0.05, 0) is 36.7 Å². The minimum Gasteiger partial charge on any atom is -0.471 e. The number of hydrogen-bond acceptors (Lipinski definition) is 6. The van der Waals surface area contributed by atoms with Gasteiger partial charge in [-0.3, -0.25) is 4.79 Å². The van der Waals surface area contributed by atoms with Gasteiger partial charge in [0.2, 0.25) is 5.88 Å². The molecule has 0 radical (unpaired) electrons. The predicted molar refractivity (Wildman–Crippen MR) is 78.9 cm³/mol. The Labute approximate surface area is 126 Å². The number of rotatable bonds is 4. The summed E-state index contributed by atoms with van der Waals surface area (Å²) in [5.74, 6) is 0.0902. The van der Waals surface area contributed by atoms with Gasteiger partial charge in [-0.2, -0.15) is 4.37 Å². The highest BCUT2D eigenvalue weighted by Crippen LogP contribution is 2.22. The third-order valence-corrected chi connectivity index (χ3v) is 3.84. The van der Waals surface area contributed by atoms with Crippen LogP contribution in [-0.2, 0) is 4.74 Å². The maximum Gasteiger partial charge on any atom is 0.261 e. The van der Waals surface area contributed by atoms with Crippen LogP contribution >= 0.6 is 11.5 Å². The maximum absolute atomic E-state index is 12.3. The fraction of sp³-hybridized carbons (Fsp3) is 0.357. The van der Waals surface area contributed by atoms with E-state index in [0.29, 0.717) is 29.7 Å². The highest BCUT2D eigenvalue weighted by atomic mass is 32.1. The normalized spacial score (nSPS) is 17.7. The lowest BCUT2D eigenvalue weighted by Gasteiger charge is -2.13. The zero-order valence-electron chi connectivity index (χ0n) is 11.5. The molecule has 110 valence electrons. The lowest BCUT2D eigenvalue weighted by Crippen LogP contribution is -2.20. The molecule has 0 spiro atoms. The van der Waals surface area contributed by atoms with E-state index >= 15 is 0 Å². The molecule has 1 amide bonds. The van der Waals surface area contributed by atoms with E-state index in [-0.39, 0.29) is 12.0 Å². The molecule has 0 aromatic carbocycles. The first kappa shape index (κ1) is 14.0. The van der Waals surface area contributed by atoms with Crippen LogP contribution in [0.1, 0.15) is 22.5 Å². The molecule has 3 heterocycles. The van der Waals surface area contributed by atoms with Crippen LogP contribution in [0.15, 0.2) is 24.4 Å². The molecule has 2 aromatic heterocycles. The summed E-state index contributed by atoms with van der Waals surface area (Å²) in [7, 11) is 0. The van der Waals surface area contributed by atoms with Crippen molar-refractivity contribution in [2.24, 2.45) is 0 Å². The van der Waals surface area contributed by atoms with E-state index in [2.05, 4.69) is 14.7 Å². The average molecular weight is 305 g/mol. The van der Waals surface area contributed by atoms with Crippen LogP contribution in [0, 0.1) is 6.92 Å². The average Bonchev–Trinajstić information content (AvgIpc) is 3.11. The molecule has 1 aliphatic heterocycles. The number of anilines is 1. The molecule has 1 N–H and O–H groups in total. The molecule has 1 aliphatic rings. The number of ether oxygens (including phenoxy) is 2. The van der Waals surface area contributed by atoms with Crippen molar-refractivity contribution >= 4 is 22.4 Å². The first-order chi connectivity index (χ1) is 10.2. The Kier molecular flexibility index (Phi) is 4.12. The Balaban J connectivity index is 1.75. The van der Waals surface area contributed by atoms with Crippen LogP contribution in [0.5, 0.6) is 5.88 Å². The third kappa shape index (κ3) is 3.37. The number of hydrogen-bond donors (Lipinski definition) is 1. The Morgan fingerprint density at radius 2 is 2.48 bits per heavy atom. The predicted octanol–water partition coefficient (Wildman–Crippen LogP) is 2.27. The topological polar surface area (TPSA) is 73.3 Å². The van der Waals surface area contributed by atoms with Crippen LogP contribution in [0.2, 0.25) is 0 Å². The molecule has 7 heteroatoms. The van der Waals surface area contributed by atoms with E-state index < -0.39 is 0 Å². The van der Waals surface area contributed by atoms with Gasteiger partial charge in [-0.1, -0.05) is 0 Å². The smallest absolute Gasteiger partial charge is 0.261 e. The fourth-order valence-electron chi connectivity index (χ4n) is 2.02. The van der Waals surface area contributed by atoms with Gasteiger partial charge in [0.15, 0.2) is 0 Å². The van der Waals surface area contributed by atoms with Gasteiger partial charge < -0.3 is 14.8 Å². The molecule has 3 rings (SSSR count). The summed E-state index contributed by atoms with van der Waals surface area (Å²) in [4.78, 5) is 16.5. The molecule has 0 saturated carbocycles. The molecule has 1 fully saturated rings. The second-order valence-electron chi connectivity index (χ2n) is 4.75. The number of carbonyl (C=O) groups is 1. The molecule has 2 aromatic rings. The SMILES string of the molecule is Cc1cc(NC(=O)c2cccnc2O[C@@H]2CCOC2)sn1. The van der Waals surface area contributed by atoms with E-state index in [9.17, 15) is 4.79 Å². The summed E-state index contributed by atoms with van der Waals surface area (Å²) in [6, 6.07) is 5.23. The largest absolute Gasteiger partial charge is 0.471 e. The van der Waals surface area contributed by atoms with E-state index in [1.54, 1.807) is 18.3 Å². The summed E-state index contributed by atoms with van der Waals surface area (Å²) in [6.45, 7) is 3.09. The molecule has 1 saturated heterocycles. The van der Waals surface area contributed by atoms with Gasteiger partial charge in [0.05, 0.1) is 18.9 Å². The second-order valence-corrected chi connectivity index (χ2v) is 5.55. The first-order valence-corrected chi connectivity index (χ1v) is 7.44. The van der Waals surface area contributed by atoms with Gasteiger partial charge in [-0.25, -0.2) is 4.98 Å². The Bertz CT molecular complexity index is 638. The van der Waals surface area contributed by atoms with E-state index in [1.165, 1.54) is 11.5 Å². The highest BCUT2D eigenvalue weighted by molar-refractivity contribution is 7.10. The van der Waals surface area contributed by atoms with Gasteiger partial charge in [0.1, 0.15) is 16.7 Å². The number of nitrogens with zero attached hydrogens (tertiary/aromatic N) is 2. The van der Waals surface area contributed by atoms with Crippen LogP contribution in [0.4, 0.5) is 5.00 Å². The van der Waals surface area contributed by atoms with Crippen molar-refractivity contribution in [2.75, 3.05) is 18.5 Å². The number of aryl methyl sites for hydroxylation is 1. The first-order valence-electron chi connectivity index (χ1n) is 6.66. The maximum atomic E-state index is 12.3. The lowest BCUT2D eigenvalue weighted by molar-refractivity contribution is 0.101. The summed E-state index contributed by atoms with van der Waals surface area (Å²) in [6.07, 6.45) is 2.38. The Morgan fingerprint density at radius 3 is 3.19 bits per heavy atom. The van der Waals surface area contributed by atoms with Crippen molar-refractivity contribution in [3.63, 3.8) is 0 Å². The van der Waals surface area contributed by atoms with Crippen molar-refractivity contribution in [3.05, 3.63) is 35.7 Å². The minimum absolute atomic E-state index is 0.0444. The lowest BCUT2D eigenvalue weighted by atomic mass is 10.2. The summed E-state index contributed by atoms with van der Waals surface area (Å²) in [5, 5.41) is 3.52. The van der Waals surface area contributed by atoms with Crippen molar-refractivity contribution in [3.8, 4) is 5.88 Å². The molecule has 0 unspecified atom stereocenters. The van der Waals surface area contributed by atoms with Crippen molar-refractivity contribution < 1.29 is 14.3 Å². The van der Waals surface area contributed by atoms with E-state index in [1.807, 2.05) is 13.0 Å². The number of pyridine rings is 1. The zero-order valence-corrected chi connectivity index (χ0v) is 12.4. The molecule has 1 atom stereocenters. The van der Waals surface area contributed by atoms with Gasteiger partial charge in [0.25, 0.3) is 5.91 Å². The molecular weight excluding hydrogens is 290 g/mol. The molecule has 6 nitrogen and oxygen atoms in total. The van der Waals surface area contributed by atoms with Crippen LogP contribution in [0.25, 0.3) is 0 Å². The molecular formula is C14H15N3O3S. The Morgan fingerprint density at radius 1 is 1.57 bits per heavy atom. The summed E-state index contributed by atoms with van der Waals surface area (Å²) in [5.41, 5.74) is 1.29. The fourth-order valence-corrected chi connectivity index (χ4v) is 2.68. The second kappa shape index (κ2) is 6.19. The molecule has 0 bridgehead atoms. The Hall–Kier alpha value is -1.99. The summed E-state index contributed by atoms with van der Waals surface area (Å²) >= 11 is 1.25. The quantitative estimate of drug-likeness (QED) is 0.938. The van der Waals surface area contributed by atoms with Crippen LogP contribution in [0.3, 0.4) is 0 Å².